The average molecular weight is 302 g/mol. The van der Waals surface area contributed by atoms with Gasteiger partial charge < -0.3 is 10.1 Å². The molecular formula is C16H22N4O2. The van der Waals surface area contributed by atoms with Gasteiger partial charge in [-0.05, 0) is 40.2 Å². The van der Waals surface area contributed by atoms with E-state index in [1.807, 2.05) is 52.1 Å². The van der Waals surface area contributed by atoms with Gasteiger partial charge in [0.1, 0.15) is 5.60 Å². The van der Waals surface area contributed by atoms with Crippen molar-refractivity contribution in [3.05, 3.63) is 36.3 Å². The second-order valence-electron chi connectivity index (χ2n) is 6.17. The van der Waals surface area contributed by atoms with E-state index < -0.39 is 11.7 Å². The summed E-state index contributed by atoms with van der Waals surface area (Å²) in [6.45, 7) is 7.46. The summed E-state index contributed by atoms with van der Waals surface area (Å²) in [4.78, 5) is 15.9. The van der Waals surface area contributed by atoms with E-state index >= 15 is 0 Å². The van der Waals surface area contributed by atoms with Crippen molar-refractivity contribution in [1.29, 1.82) is 0 Å². The van der Waals surface area contributed by atoms with Gasteiger partial charge in [0, 0.05) is 24.0 Å². The molecule has 0 saturated carbocycles. The number of fused-ring (bicyclic) bond motifs is 1. The first-order valence-corrected chi connectivity index (χ1v) is 7.29. The molecule has 0 fully saturated rings. The molecule has 0 aliphatic carbocycles. The Labute approximate surface area is 130 Å². The zero-order valence-electron chi connectivity index (χ0n) is 13.4. The maximum absolute atomic E-state index is 11.7. The Morgan fingerprint density at radius 3 is 3.00 bits per heavy atom. The minimum absolute atomic E-state index is 0.0131. The average Bonchev–Trinajstić information content (AvgIpc) is 2.80. The Kier molecular flexibility index (Phi) is 4.80. The van der Waals surface area contributed by atoms with Crippen LogP contribution in [0.25, 0.3) is 11.7 Å². The summed E-state index contributed by atoms with van der Waals surface area (Å²) in [5, 5.41) is 7.02. The number of rotatable bonds is 4. The minimum Gasteiger partial charge on any atom is -0.444 e. The molecule has 0 aliphatic rings. The molecule has 0 aromatic carbocycles. The molecule has 2 heterocycles. The number of carbonyl (C=O) groups excluding carboxylic acids is 1. The van der Waals surface area contributed by atoms with Gasteiger partial charge >= 0.3 is 6.09 Å². The topological polar surface area (TPSA) is 68.5 Å². The number of amides is 1. The molecule has 0 saturated heterocycles. The predicted molar refractivity (Wildman–Crippen MR) is 85.5 cm³/mol. The molecule has 1 atom stereocenters. The summed E-state index contributed by atoms with van der Waals surface area (Å²) in [5.41, 5.74) is 1.28. The van der Waals surface area contributed by atoms with Crippen molar-refractivity contribution < 1.29 is 9.53 Å². The first kappa shape index (κ1) is 16.0. The molecule has 22 heavy (non-hydrogen) atoms. The van der Waals surface area contributed by atoms with Crippen molar-refractivity contribution in [3.63, 3.8) is 0 Å². The van der Waals surface area contributed by atoms with Crippen molar-refractivity contribution >= 4 is 17.8 Å². The lowest BCUT2D eigenvalue weighted by atomic mass is 10.2. The van der Waals surface area contributed by atoms with Crippen LogP contribution in [0.15, 0.2) is 30.7 Å². The van der Waals surface area contributed by atoms with Gasteiger partial charge in [0.2, 0.25) is 0 Å². The fourth-order valence-electron chi connectivity index (χ4n) is 1.93. The van der Waals surface area contributed by atoms with E-state index in [1.165, 1.54) is 0 Å². The van der Waals surface area contributed by atoms with E-state index in [2.05, 4.69) is 15.4 Å². The second kappa shape index (κ2) is 6.60. The first-order valence-electron chi connectivity index (χ1n) is 7.29. The number of alkyl carbamates (subject to hydrolysis) is 1. The summed E-state index contributed by atoms with van der Waals surface area (Å²) < 4.78 is 6.95. The Morgan fingerprint density at radius 2 is 2.27 bits per heavy atom. The lowest BCUT2D eigenvalue weighted by Crippen LogP contribution is -2.37. The number of nitrogens with one attached hydrogen (secondary N) is 1. The van der Waals surface area contributed by atoms with Gasteiger partial charge in [-0.2, -0.15) is 5.10 Å². The van der Waals surface area contributed by atoms with Crippen molar-refractivity contribution in [2.75, 3.05) is 0 Å². The van der Waals surface area contributed by atoms with E-state index in [0.29, 0.717) is 6.42 Å². The third-order valence-corrected chi connectivity index (χ3v) is 2.86. The number of hydrogen-bond acceptors (Lipinski definition) is 4. The predicted octanol–water partition coefficient (Wildman–Crippen LogP) is 3.05. The molecule has 0 aliphatic heterocycles. The normalized spacial score (nSPS) is 13.5. The summed E-state index contributed by atoms with van der Waals surface area (Å²) in [5.74, 6) is 0. The molecule has 6 heteroatoms. The van der Waals surface area contributed by atoms with Gasteiger partial charge in [0.25, 0.3) is 0 Å². The number of hydrogen-bond donors (Lipinski definition) is 1. The molecule has 0 radical (unpaired) electrons. The number of aromatic nitrogens is 3. The summed E-state index contributed by atoms with van der Waals surface area (Å²) >= 11 is 0. The zero-order valence-corrected chi connectivity index (χ0v) is 13.4. The fourth-order valence-corrected chi connectivity index (χ4v) is 1.93. The highest BCUT2D eigenvalue weighted by molar-refractivity contribution is 5.68. The van der Waals surface area contributed by atoms with E-state index in [4.69, 9.17) is 4.74 Å². The molecule has 0 unspecified atom stereocenters. The van der Waals surface area contributed by atoms with Gasteiger partial charge in [0.15, 0.2) is 5.65 Å². The minimum atomic E-state index is -0.484. The Morgan fingerprint density at radius 1 is 1.50 bits per heavy atom. The SMILES string of the molecule is C[C@@H](C/C=C/c1cnn2cccnc12)NC(=O)OC(C)(C)C. The Bertz CT molecular complexity index is 670. The quantitative estimate of drug-likeness (QED) is 0.942. The molecule has 2 aromatic rings. The largest absolute Gasteiger partial charge is 0.444 e. The van der Waals surface area contributed by atoms with Crippen molar-refractivity contribution in [3.8, 4) is 0 Å². The molecule has 0 spiro atoms. The Hall–Kier alpha value is -2.37. The molecule has 0 bridgehead atoms. The van der Waals surface area contributed by atoms with Gasteiger partial charge in [-0.15, -0.1) is 0 Å². The van der Waals surface area contributed by atoms with Crippen LogP contribution in [-0.2, 0) is 4.74 Å². The van der Waals surface area contributed by atoms with Crippen molar-refractivity contribution in [1.82, 2.24) is 19.9 Å². The molecule has 118 valence electrons. The highest BCUT2D eigenvalue weighted by Crippen LogP contribution is 2.10. The van der Waals surface area contributed by atoms with Crippen LogP contribution in [0.2, 0.25) is 0 Å². The molecule has 2 aromatic heterocycles. The van der Waals surface area contributed by atoms with Crippen LogP contribution in [0, 0.1) is 0 Å². The standard InChI is InChI=1S/C16H22N4O2/c1-12(19-15(21)22-16(2,3)4)7-5-8-13-11-18-20-10-6-9-17-14(13)20/h5-6,8-12H,7H2,1-4H3,(H,19,21)/b8-5+/t12-/m0/s1. The Balaban J connectivity index is 1.88. The van der Waals surface area contributed by atoms with Crippen LogP contribution in [0.4, 0.5) is 4.79 Å². The summed E-state index contributed by atoms with van der Waals surface area (Å²) in [6, 6.07) is 1.82. The van der Waals surface area contributed by atoms with Crippen LogP contribution < -0.4 is 5.32 Å². The van der Waals surface area contributed by atoms with Crippen LogP contribution in [0.5, 0.6) is 0 Å². The van der Waals surface area contributed by atoms with E-state index in [0.717, 1.165) is 11.2 Å². The van der Waals surface area contributed by atoms with Gasteiger partial charge in [0.05, 0.1) is 6.20 Å². The van der Waals surface area contributed by atoms with Gasteiger partial charge in [-0.1, -0.05) is 12.2 Å². The van der Waals surface area contributed by atoms with Crippen molar-refractivity contribution in [2.24, 2.45) is 0 Å². The third kappa shape index (κ3) is 4.58. The zero-order chi connectivity index (χ0) is 16.2. The smallest absolute Gasteiger partial charge is 0.407 e. The van der Waals surface area contributed by atoms with Gasteiger partial charge in [-0.25, -0.2) is 14.3 Å². The fraction of sp³-hybridized carbons (Fsp3) is 0.438. The maximum atomic E-state index is 11.7. The number of ether oxygens (including phenoxy) is 1. The molecule has 6 nitrogen and oxygen atoms in total. The lowest BCUT2D eigenvalue weighted by molar-refractivity contribution is 0.0509. The molecule has 2 rings (SSSR count). The molecule has 1 N–H and O–H groups in total. The second-order valence-corrected chi connectivity index (χ2v) is 6.17. The van der Waals surface area contributed by atoms with E-state index in [9.17, 15) is 4.79 Å². The van der Waals surface area contributed by atoms with E-state index in [1.54, 1.807) is 16.9 Å². The summed E-state index contributed by atoms with van der Waals surface area (Å²) in [7, 11) is 0. The highest BCUT2D eigenvalue weighted by Gasteiger charge is 2.17. The van der Waals surface area contributed by atoms with E-state index in [-0.39, 0.29) is 6.04 Å². The maximum Gasteiger partial charge on any atom is 0.407 e. The monoisotopic (exact) mass is 302 g/mol. The lowest BCUT2D eigenvalue weighted by Gasteiger charge is -2.21. The first-order chi connectivity index (χ1) is 10.3. The van der Waals surface area contributed by atoms with Crippen LogP contribution >= 0.6 is 0 Å². The van der Waals surface area contributed by atoms with Crippen molar-refractivity contribution in [2.45, 2.75) is 45.8 Å². The third-order valence-electron chi connectivity index (χ3n) is 2.86. The summed E-state index contributed by atoms with van der Waals surface area (Å²) in [6.07, 6.45) is 9.61. The highest BCUT2D eigenvalue weighted by atomic mass is 16.6. The van der Waals surface area contributed by atoms with Crippen LogP contribution in [0.3, 0.4) is 0 Å². The van der Waals surface area contributed by atoms with Crippen LogP contribution in [-0.4, -0.2) is 32.3 Å². The molecular weight excluding hydrogens is 280 g/mol. The molecule has 1 amide bonds. The van der Waals surface area contributed by atoms with Gasteiger partial charge in [-0.3, -0.25) is 0 Å². The number of nitrogens with zero attached hydrogens (tertiary/aromatic N) is 3. The number of carbonyl (C=O) groups is 1. The van der Waals surface area contributed by atoms with Crippen LogP contribution in [0.1, 0.15) is 39.7 Å².